The van der Waals surface area contributed by atoms with Gasteiger partial charge in [-0.2, -0.15) is 0 Å². The van der Waals surface area contributed by atoms with E-state index in [1.807, 2.05) is 24.3 Å². The van der Waals surface area contributed by atoms with Crippen LogP contribution >= 0.6 is 0 Å². The lowest BCUT2D eigenvalue weighted by Gasteiger charge is -2.35. The SMILES string of the molecule is C=CC(=O)Nc1cccnc1-c1cccc2cnc(Nc3ccc(N4CCN(CC)CC4)cc3OC)nc12. The second-order valence-corrected chi connectivity index (χ2v) is 8.96. The summed E-state index contributed by atoms with van der Waals surface area (Å²) in [5, 5.41) is 7.00. The number of nitrogens with one attached hydrogen (secondary N) is 2. The number of ether oxygens (including phenoxy) is 1. The van der Waals surface area contributed by atoms with E-state index in [1.165, 1.54) is 6.08 Å². The maximum atomic E-state index is 12.0. The van der Waals surface area contributed by atoms with Crippen LogP contribution in [0, 0.1) is 0 Å². The molecule has 2 aromatic heterocycles. The number of hydrogen-bond donors (Lipinski definition) is 2. The fraction of sp³-hybridized carbons (Fsp3) is 0.241. The van der Waals surface area contributed by atoms with E-state index in [9.17, 15) is 4.79 Å². The highest BCUT2D eigenvalue weighted by atomic mass is 16.5. The van der Waals surface area contributed by atoms with Crippen LogP contribution in [0.15, 0.2) is 73.6 Å². The van der Waals surface area contributed by atoms with Crippen LogP contribution in [-0.2, 0) is 4.79 Å². The Morgan fingerprint density at radius 1 is 1.08 bits per heavy atom. The molecule has 0 spiro atoms. The van der Waals surface area contributed by atoms with E-state index in [-0.39, 0.29) is 5.91 Å². The van der Waals surface area contributed by atoms with E-state index in [4.69, 9.17) is 9.72 Å². The molecule has 2 aromatic carbocycles. The van der Waals surface area contributed by atoms with Gasteiger partial charge in [-0.1, -0.05) is 31.7 Å². The van der Waals surface area contributed by atoms with Crippen LogP contribution in [0.4, 0.5) is 23.0 Å². The largest absolute Gasteiger partial charge is 0.494 e. The third-order valence-corrected chi connectivity index (χ3v) is 6.73. The van der Waals surface area contributed by atoms with Gasteiger partial charge >= 0.3 is 0 Å². The zero-order valence-corrected chi connectivity index (χ0v) is 21.6. The van der Waals surface area contributed by atoms with Gasteiger partial charge in [0.05, 0.1) is 29.7 Å². The number of para-hydroxylation sites is 1. The van der Waals surface area contributed by atoms with Crippen LogP contribution in [0.3, 0.4) is 0 Å². The zero-order valence-electron chi connectivity index (χ0n) is 21.6. The molecular formula is C29H31N7O2. The van der Waals surface area contributed by atoms with Crippen LogP contribution in [0.25, 0.3) is 22.2 Å². The molecule has 194 valence electrons. The molecule has 1 fully saturated rings. The van der Waals surface area contributed by atoms with Crippen LogP contribution in [0.5, 0.6) is 5.75 Å². The number of hydrogen-bond acceptors (Lipinski definition) is 8. The molecule has 1 saturated heterocycles. The lowest BCUT2D eigenvalue weighted by Crippen LogP contribution is -2.46. The smallest absolute Gasteiger partial charge is 0.247 e. The van der Waals surface area contributed by atoms with Crippen molar-refractivity contribution in [3.8, 4) is 17.0 Å². The summed E-state index contributed by atoms with van der Waals surface area (Å²) in [6, 6.07) is 15.5. The molecule has 38 heavy (non-hydrogen) atoms. The van der Waals surface area contributed by atoms with Gasteiger partial charge in [0, 0.05) is 61.3 Å². The standard InChI is InChI=1S/C29H31N7O2/c1-4-26(37)32-24-10-7-13-30-28(24)22-9-6-8-20-19-31-29(34-27(20)22)33-23-12-11-21(18-25(23)38-3)36-16-14-35(5-2)15-17-36/h4,6-13,18-19H,1,5,14-17H2,2-3H3,(H,32,37)(H,31,33,34). The molecule has 0 bridgehead atoms. The lowest BCUT2D eigenvalue weighted by molar-refractivity contribution is -0.111. The van der Waals surface area contributed by atoms with E-state index in [0.29, 0.717) is 22.8 Å². The van der Waals surface area contributed by atoms with Crippen LogP contribution < -0.4 is 20.3 Å². The topological polar surface area (TPSA) is 95.5 Å². The molecule has 0 unspecified atom stereocenters. The van der Waals surface area contributed by atoms with E-state index >= 15 is 0 Å². The Bertz CT molecular complexity index is 1460. The second-order valence-electron chi connectivity index (χ2n) is 8.96. The summed E-state index contributed by atoms with van der Waals surface area (Å²) < 4.78 is 5.72. The van der Waals surface area contributed by atoms with Gasteiger partial charge < -0.3 is 25.2 Å². The van der Waals surface area contributed by atoms with Crippen LogP contribution in [-0.4, -0.2) is 65.6 Å². The Hall–Kier alpha value is -4.50. The predicted molar refractivity (Wildman–Crippen MR) is 152 cm³/mol. The number of carbonyl (C=O) groups excluding carboxylic acids is 1. The maximum Gasteiger partial charge on any atom is 0.247 e. The van der Waals surface area contributed by atoms with Gasteiger partial charge in [0.1, 0.15) is 5.75 Å². The van der Waals surface area contributed by atoms with Gasteiger partial charge in [-0.25, -0.2) is 9.97 Å². The third-order valence-electron chi connectivity index (χ3n) is 6.73. The molecule has 0 aliphatic carbocycles. The first-order chi connectivity index (χ1) is 18.6. The second kappa shape index (κ2) is 11.3. The first-order valence-electron chi connectivity index (χ1n) is 12.7. The number of likely N-dealkylation sites (N-methyl/N-ethyl adjacent to an activating group) is 1. The molecule has 9 heteroatoms. The van der Waals surface area contributed by atoms with Crippen LogP contribution in [0.1, 0.15) is 6.92 Å². The number of piperazine rings is 1. The minimum Gasteiger partial charge on any atom is -0.494 e. The third kappa shape index (κ3) is 5.28. The van der Waals surface area contributed by atoms with Crippen molar-refractivity contribution in [1.82, 2.24) is 19.9 Å². The summed E-state index contributed by atoms with van der Waals surface area (Å²) >= 11 is 0. The maximum absolute atomic E-state index is 12.0. The molecule has 2 N–H and O–H groups in total. The van der Waals surface area contributed by atoms with Crippen molar-refractivity contribution in [2.45, 2.75) is 6.92 Å². The predicted octanol–water partition coefficient (Wildman–Crippen LogP) is 4.71. The molecule has 1 amide bonds. The highest BCUT2D eigenvalue weighted by molar-refractivity contribution is 6.03. The van der Waals surface area contributed by atoms with E-state index < -0.39 is 0 Å². The molecule has 1 aliphatic heterocycles. The monoisotopic (exact) mass is 509 g/mol. The van der Waals surface area contributed by atoms with Gasteiger partial charge in [-0.05, 0) is 36.9 Å². The highest BCUT2D eigenvalue weighted by Crippen LogP contribution is 2.34. The van der Waals surface area contributed by atoms with Crippen molar-refractivity contribution < 1.29 is 9.53 Å². The van der Waals surface area contributed by atoms with E-state index in [0.717, 1.165) is 60.8 Å². The van der Waals surface area contributed by atoms with E-state index in [2.05, 4.69) is 56.0 Å². The van der Waals surface area contributed by atoms with Crippen molar-refractivity contribution in [3.63, 3.8) is 0 Å². The minimum absolute atomic E-state index is 0.306. The number of rotatable bonds is 8. The zero-order chi connectivity index (χ0) is 26.5. The molecule has 0 radical (unpaired) electrons. The van der Waals surface area contributed by atoms with Crippen molar-refractivity contribution in [3.05, 3.63) is 73.6 Å². The Kier molecular flexibility index (Phi) is 7.46. The molecule has 5 rings (SSSR count). The molecule has 0 atom stereocenters. The fourth-order valence-corrected chi connectivity index (χ4v) is 4.63. The average Bonchev–Trinajstić information content (AvgIpc) is 2.97. The number of pyridine rings is 1. The molecular weight excluding hydrogens is 478 g/mol. The molecule has 4 aromatic rings. The summed E-state index contributed by atoms with van der Waals surface area (Å²) in [5.41, 5.74) is 4.59. The summed E-state index contributed by atoms with van der Waals surface area (Å²) in [7, 11) is 1.67. The Labute approximate surface area is 222 Å². The van der Waals surface area contributed by atoms with Crippen molar-refractivity contribution in [1.29, 1.82) is 0 Å². The number of benzene rings is 2. The highest BCUT2D eigenvalue weighted by Gasteiger charge is 2.18. The van der Waals surface area contributed by atoms with Gasteiger partial charge in [-0.15, -0.1) is 0 Å². The molecule has 3 heterocycles. The number of amides is 1. The van der Waals surface area contributed by atoms with Gasteiger partial charge in [0.25, 0.3) is 0 Å². The molecule has 9 nitrogen and oxygen atoms in total. The van der Waals surface area contributed by atoms with E-state index in [1.54, 1.807) is 31.6 Å². The number of anilines is 4. The number of carbonyl (C=O) groups is 1. The molecule has 1 aliphatic rings. The van der Waals surface area contributed by atoms with Crippen LogP contribution in [0.2, 0.25) is 0 Å². The number of aromatic nitrogens is 3. The van der Waals surface area contributed by atoms with Crippen molar-refractivity contribution in [2.75, 3.05) is 55.4 Å². The van der Waals surface area contributed by atoms with Crippen molar-refractivity contribution >= 4 is 39.8 Å². The number of fused-ring (bicyclic) bond motifs is 1. The average molecular weight is 510 g/mol. The number of methoxy groups -OCH3 is 1. The Morgan fingerprint density at radius 2 is 1.92 bits per heavy atom. The molecule has 0 saturated carbocycles. The summed E-state index contributed by atoms with van der Waals surface area (Å²) in [4.78, 5) is 30.7. The summed E-state index contributed by atoms with van der Waals surface area (Å²) in [6.07, 6.45) is 4.69. The fourth-order valence-electron chi connectivity index (χ4n) is 4.63. The Balaban J connectivity index is 1.45. The lowest BCUT2D eigenvalue weighted by atomic mass is 10.1. The Morgan fingerprint density at radius 3 is 2.68 bits per heavy atom. The van der Waals surface area contributed by atoms with Gasteiger partial charge in [0.2, 0.25) is 11.9 Å². The summed E-state index contributed by atoms with van der Waals surface area (Å²) in [6.45, 7) is 10.9. The first-order valence-corrected chi connectivity index (χ1v) is 12.7. The van der Waals surface area contributed by atoms with Crippen molar-refractivity contribution in [2.24, 2.45) is 0 Å². The van der Waals surface area contributed by atoms with Gasteiger partial charge in [-0.3, -0.25) is 9.78 Å². The van der Waals surface area contributed by atoms with Gasteiger partial charge in [0.15, 0.2) is 0 Å². The first kappa shape index (κ1) is 25.2. The normalized spacial score (nSPS) is 13.8. The number of nitrogens with zero attached hydrogens (tertiary/aromatic N) is 5. The quantitative estimate of drug-likeness (QED) is 0.330. The minimum atomic E-state index is -0.306. The summed E-state index contributed by atoms with van der Waals surface area (Å²) in [5.74, 6) is 0.843.